The SMILES string of the molecule is Cc1ccc(C(C)Nc2ccc(C(=O)O)cc2Cl)s1. The van der Waals surface area contributed by atoms with Gasteiger partial charge in [-0.15, -0.1) is 11.3 Å². The van der Waals surface area contributed by atoms with Crippen molar-refractivity contribution in [3.05, 3.63) is 50.7 Å². The molecule has 0 amide bonds. The lowest BCUT2D eigenvalue weighted by molar-refractivity contribution is 0.0697. The van der Waals surface area contributed by atoms with Crippen molar-refractivity contribution in [2.45, 2.75) is 19.9 Å². The van der Waals surface area contributed by atoms with Crippen LogP contribution in [0.15, 0.2) is 30.3 Å². The van der Waals surface area contributed by atoms with Crippen LogP contribution in [0.1, 0.15) is 33.1 Å². The van der Waals surface area contributed by atoms with E-state index in [1.54, 1.807) is 23.5 Å². The van der Waals surface area contributed by atoms with Crippen molar-refractivity contribution in [3.63, 3.8) is 0 Å². The van der Waals surface area contributed by atoms with Crippen LogP contribution in [0.25, 0.3) is 0 Å². The summed E-state index contributed by atoms with van der Waals surface area (Å²) in [5.74, 6) is -0.976. The predicted octanol–water partition coefficient (Wildman–Crippen LogP) is 4.58. The number of aromatic carboxylic acids is 1. The van der Waals surface area contributed by atoms with E-state index in [1.165, 1.54) is 15.8 Å². The van der Waals surface area contributed by atoms with Gasteiger partial charge in [0.2, 0.25) is 0 Å². The van der Waals surface area contributed by atoms with Crippen molar-refractivity contribution in [2.75, 3.05) is 5.32 Å². The molecule has 2 aromatic rings. The standard InChI is InChI=1S/C14H14ClNO2S/c1-8-3-6-13(19-8)9(2)16-12-5-4-10(14(17)18)7-11(12)15/h3-7,9,16H,1-2H3,(H,17,18). The second-order valence-corrected chi connectivity index (χ2v) is 6.04. The molecule has 19 heavy (non-hydrogen) atoms. The van der Waals surface area contributed by atoms with E-state index in [0.29, 0.717) is 5.02 Å². The minimum Gasteiger partial charge on any atom is -0.478 e. The average Bonchev–Trinajstić information content (AvgIpc) is 2.78. The zero-order valence-corrected chi connectivity index (χ0v) is 12.2. The van der Waals surface area contributed by atoms with Gasteiger partial charge in [0.15, 0.2) is 0 Å². The van der Waals surface area contributed by atoms with Crippen LogP contribution in [0.3, 0.4) is 0 Å². The molecule has 0 bridgehead atoms. The van der Waals surface area contributed by atoms with Gasteiger partial charge in [-0.3, -0.25) is 0 Å². The van der Waals surface area contributed by atoms with Gasteiger partial charge >= 0.3 is 5.97 Å². The van der Waals surface area contributed by atoms with E-state index in [-0.39, 0.29) is 11.6 Å². The lowest BCUT2D eigenvalue weighted by Gasteiger charge is -2.15. The first-order valence-electron chi connectivity index (χ1n) is 5.83. The Labute approximate surface area is 120 Å². The number of carboxylic acid groups (broad SMARTS) is 1. The van der Waals surface area contributed by atoms with E-state index >= 15 is 0 Å². The molecule has 0 aliphatic rings. The number of aryl methyl sites for hydroxylation is 1. The third-order valence-electron chi connectivity index (χ3n) is 2.78. The largest absolute Gasteiger partial charge is 0.478 e. The first kappa shape index (κ1) is 13.9. The Bertz CT molecular complexity index is 609. The van der Waals surface area contributed by atoms with Gasteiger partial charge in [-0.2, -0.15) is 0 Å². The zero-order valence-electron chi connectivity index (χ0n) is 10.6. The molecule has 2 rings (SSSR count). The number of rotatable bonds is 4. The van der Waals surface area contributed by atoms with Crippen LogP contribution in [0.5, 0.6) is 0 Å². The molecule has 0 aliphatic heterocycles. The topological polar surface area (TPSA) is 49.3 Å². The quantitative estimate of drug-likeness (QED) is 0.868. The number of anilines is 1. The normalized spacial score (nSPS) is 12.2. The van der Waals surface area contributed by atoms with E-state index in [0.717, 1.165) is 5.69 Å². The molecule has 3 nitrogen and oxygen atoms in total. The number of halogens is 1. The highest BCUT2D eigenvalue weighted by Crippen LogP contribution is 2.29. The van der Waals surface area contributed by atoms with Crippen molar-refractivity contribution in [2.24, 2.45) is 0 Å². The molecule has 0 aliphatic carbocycles. The van der Waals surface area contributed by atoms with Crippen LogP contribution in [0, 0.1) is 6.92 Å². The third kappa shape index (κ3) is 3.28. The van der Waals surface area contributed by atoms with E-state index < -0.39 is 5.97 Å². The van der Waals surface area contributed by atoms with Crippen LogP contribution >= 0.6 is 22.9 Å². The highest BCUT2D eigenvalue weighted by atomic mass is 35.5. The summed E-state index contributed by atoms with van der Waals surface area (Å²) in [6.07, 6.45) is 0. The van der Waals surface area contributed by atoms with Crippen molar-refractivity contribution < 1.29 is 9.90 Å². The Kier molecular flexibility index (Phi) is 4.12. The minimum absolute atomic E-state index is 0.131. The summed E-state index contributed by atoms with van der Waals surface area (Å²) >= 11 is 7.82. The Morgan fingerprint density at radius 2 is 2.11 bits per heavy atom. The number of hydrogen-bond acceptors (Lipinski definition) is 3. The van der Waals surface area contributed by atoms with Gasteiger partial charge in [-0.25, -0.2) is 4.79 Å². The lowest BCUT2D eigenvalue weighted by atomic mass is 10.2. The van der Waals surface area contributed by atoms with Crippen molar-refractivity contribution in [3.8, 4) is 0 Å². The summed E-state index contributed by atoms with van der Waals surface area (Å²) in [4.78, 5) is 13.3. The maximum Gasteiger partial charge on any atom is 0.335 e. The molecular weight excluding hydrogens is 282 g/mol. The molecule has 0 radical (unpaired) electrons. The Morgan fingerprint density at radius 1 is 1.37 bits per heavy atom. The van der Waals surface area contributed by atoms with Gasteiger partial charge in [0, 0.05) is 9.75 Å². The molecule has 1 aromatic carbocycles. The maximum atomic E-state index is 10.8. The number of nitrogens with one attached hydrogen (secondary N) is 1. The zero-order chi connectivity index (χ0) is 14.0. The van der Waals surface area contributed by atoms with Crippen LogP contribution in [-0.4, -0.2) is 11.1 Å². The summed E-state index contributed by atoms with van der Waals surface area (Å²) in [5.41, 5.74) is 0.931. The van der Waals surface area contributed by atoms with E-state index in [4.69, 9.17) is 16.7 Å². The van der Waals surface area contributed by atoms with E-state index in [9.17, 15) is 4.79 Å². The molecular formula is C14H14ClNO2S. The smallest absolute Gasteiger partial charge is 0.335 e. The predicted molar refractivity (Wildman–Crippen MR) is 79.5 cm³/mol. The molecule has 1 atom stereocenters. The highest BCUT2D eigenvalue weighted by molar-refractivity contribution is 7.12. The molecule has 5 heteroatoms. The van der Waals surface area contributed by atoms with Crippen molar-refractivity contribution in [1.29, 1.82) is 0 Å². The van der Waals surface area contributed by atoms with Crippen molar-refractivity contribution >= 4 is 34.6 Å². The fraction of sp³-hybridized carbons (Fsp3) is 0.214. The van der Waals surface area contributed by atoms with Gasteiger partial charge in [0.1, 0.15) is 0 Å². The first-order chi connectivity index (χ1) is 8.97. The molecule has 0 saturated carbocycles. The summed E-state index contributed by atoms with van der Waals surface area (Å²) < 4.78 is 0. The molecule has 100 valence electrons. The first-order valence-corrected chi connectivity index (χ1v) is 7.02. The minimum atomic E-state index is -0.976. The Morgan fingerprint density at radius 3 is 2.63 bits per heavy atom. The number of carboxylic acids is 1. The van der Waals surface area contributed by atoms with Gasteiger partial charge in [-0.1, -0.05) is 11.6 Å². The Hall–Kier alpha value is -1.52. The molecule has 0 saturated heterocycles. The second-order valence-electron chi connectivity index (χ2n) is 4.31. The van der Waals surface area contributed by atoms with Crippen molar-refractivity contribution in [1.82, 2.24) is 0 Å². The monoisotopic (exact) mass is 295 g/mol. The molecule has 0 spiro atoms. The number of hydrogen-bond donors (Lipinski definition) is 2. The maximum absolute atomic E-state index is 10.8. The second kappa shape index (κ2) is 5.63. The molecule has 1 heterocycles. The average molecular weight is 296 g/mol. The molecule has 1 aromatic heterocycles. The third-order valence-corrected chi connectivity index (χ3v) is 4.27. The summed E-state index contributed by atoms with van der Waals surface area (Å²) in [7, 11) is 0. The molecule has 0 fully saturated rings. The molecule has 2 N–H and O–H groups in total. The summed E-state index contributed by atoms with van der Waals surface area (Å²) in [5, 5.41) is 12.6. The van der Waals surface area contributed by atoms with Crippen LogP contribution in [0.2, 0.25) is 5.02 Å². The number of benzene rings is 1. The van der Waals surface area contributed by atoms with Crippen LogP contribution in [0.4, 0.5) is 5.69 Å². The summed E-state index contributed by atoms with van der Waals surface area (Å²) in [6.45, 7) is 4.11. The van der Waals surface area contributed by atoms with Gasteiger partial charge < -0.3 is 10.4 Å². The number of thiophene rings is 1. The van der Waals surface area contributed by atoms with Crippen LogP contribution < -0.4 is 5.32 Å². The number of carbonyl (C=O) groups is 1. The lowest BCUT2D eigenvalue weighted by Crippen LogP contribution is -2.06. The van der Waals surface area contributed by atoms with Crippen LogP contribution in [-0.2, 0) is 0 Å². The van der Waals surface area contributed by atoms with Gasteiger partial charge in [0.05, 0.1) is 22.3 Å². The fourth-order valence-electron chi connectivity index (χ4n) is 1.76. The summed E-state index contributed by atoms with van der Waals surface area (Å²) in [6, 6.07) is 8.99. The van der Waals surface area contributed by atoms with Gasteiger partial charge in [0.25, 0.3) is 0 Å². The highest BCUT2D eigenvalue weighted by Gasteiger charge is 2.11. The Balaban J connectivity index is 2.17. The molecule has 1 unspecified atom stereocenters. The van der Waals surface area contributed by atoms with Gasteiger partial charge in [-0.05, 0) is 44.2 Å². The van der Waals surface area contributed by atoms with E-state index in [2.05, 4.69) is 24.4 Å². The fourth-order valence-corrected chi connectivity index (χ4v) is 2.87. The van der Waals surface area contributed by atoms with E-state index in [1.807, 2.05) is 6.92 Å².